The highest BCUT2D eigenvalue weighted by Gasteiger charge is 2.24. The number of nitrogens with one attached hydrogen (secondary N) is 1. The van der Waals surface area contributed by atoms with Gasteiger partial charge in [-0.25, -0.2) is 8.42 Å². The third-order valence-corrected chi connectivity index (χ3v) is 5.47. The van der Waals surface area contributed by atoms with Gasteiger partial charge in [-0.2, -0.15) is 0 Å². The van der Waals surface area contributed by atoms with Crippen molar-refractivity contribution in [2.24, 2.45) is 5.92 Å². The van der Waals surface area contributed by atoms with Crippen LogP contribution in [0.25, 0.3) is 0 Å². The van der Waals surface area contributed by atoms with Gasteiger partial charge >= 0.3 is 0 Å². The lowest BCUT2D eigenvalue weighted by molar-refractivity contribution is 0.240. The highest BCUT2D eigenvalue weighted by molar-refractivity contribution is 7.90. The summed E-state index contributed by atoms with van der Waals surface area (Å²) in [5.74, 6) is 0.712. The zero-order chi connectivity index (χ0) is 14.0. The van der Waals surface area contributed by atoms with Gasteiger partial charge in [-0.3, -0.25) is 0 Å². The predicted molar refractivity (Wildman–Crippen MR) is 78.2 cm³/mol. The highest BCUT2D eigenvalue weighted by atomic mass is 35.5. The first-order chi connectivity index (χ1) is 8.89. The number of rotatable bonds is 5. The molecule has 2 rings (SSSR count). The molecule has 0 bridgehead atoms. The lowest BCUT2D eigenvalue weighted by Crippen LogP contribution is -2.36. The summed E-state index contributed by atoms with van der Waals surface area (Å²) in [5.41, 5.74) is 0.679. The quantitative estimate of drug-likeness (QED) is 0.909. The SMILES string of the molecule is CC(NCc1c(Cl)cccc1S(C)(=O)=O)C1CCC1. The minimum absolute atomic E-state index is 0.327. The minimum Gasteiger partial charge on any atom is -0.310 e. The first-order valence-electron chi connectivity index (χ1n) is 6.60. The molecular formula is C14H20ClNO2S. The molecule has 19 heavy (non-hydrogen) atoms. The van der Waals surface area contributed by atoms with Crippen LogP contribution in [-0.2, 0) is 16.4 Å². The molecule has 0 amide bonds. The van der Waals surface area contributed by atoms with E-state index in [0.29, 0.717) is 34.0 Å². The molecule has 1 fully saturated rings. The molecule has 0 radical (unpaired) electrons. The van der Waals surface area contributed by atoms with Gasteiger partial charge in [-0.15, -0.1) is 0 Å². The van der Waals surface area contributed by atoms with E-state index >= 15 is 0 Å². The van der Waals surface area contributed by atoms with E-state index < -0.39 is 9.84 Å². The summed E-state index contributed by atoms with van der Waals surface area (Å²) in [4.78, 5) is 0.327. The molecule has 1 atom stereocenters. The molecule has 106 valence electrons. The molecule has 0 aromatic heterocycles. The second-order valence-electron chi connectivity index (χ2n) is 5.35. The van der Waals surface area contributed by atoms with E-state index in [-0.39, 0.29) is 0 Å². The maximum Gasteiger partial charge on any atom is 0.175 e. The largest absolute Gasteiger partial charge is 0.310 e. The van der Waals surface area contributed by atoms with Crippen LogP contribution in [0.4, 0.5) is 0 Å². The normalized spacial score (nSPS) is 18.1. The van der Waals surface area contributed by atoms with Crippen molar-refractivity contribution >= 4 is 21.4 Å². The monoisotopic (exact) mass is 301 g/mol. The van der Waals surface area contributed by atoms with Gasteiger partial charge in [0.15, 0.2) is 9.84 Å². The summed E-state index contributed by atoms with van der Waals surface area (Å²) < 4.78 is 23.5. The van der Waals surface area contributed by atoms with Gasteiger partial charge in [0.2, 0.25) is 0 Å². The number of benzene rings is 1. The standard InChI is InChI=1S/C14H20ClNO2S/c1-10(11-5-3-6-11)16-9-12-13(15)7-4-8-14(12)19(2,17)18/h4,7-8,10-11,16H,3,5-6,9H2,1-2H3. The van der Waals surface area contributed by atoms with Crippen molar-refractivity contribution in [3.05, 3.63) is 28.8 Å². The number of hydrogen-bond donors (Lipinski definition) is 1. The highest BCUT2D eigenvalue weighted by Crippen LogP contribution is 2.30. The van der Waals surface area contributed by atoms with Gasteiger partial charge in [-0.05, 0) is 37.8 Å². The van der Waals surface area contributed by atoms with Crippen LogP contribution >= 0.6 is 11.6 Å². The topological polar surface area (TPSA) is 46.2 Å². The van der Waals surface area contributed by atoms with Crippen LogP contribution in [-0.4, -0.2) is 20.7 Å². The van der Waals surface area contributed by atoms with Crippen molar-refractivity contribution < 1.29 is 8.42 Å². The third kappa shape index (κ3) is 3.50. The average Bonchev–Trinajstić information content (AvgIpc) is 2.23. The van der Waals surface area contributed by atoms with E-state index in [1.165, 1.54) is 25.5 Å². The van der Waals surface area contributed by atoms with Gasteiger partial charge in [0, 0.05) is 29.4 Å². The molecule has 1 unspecified atom stereocenters. The molecule has 0 heterocycles. The van der Waals surface area contributed by atoms with E-state index in [1.807, 2.05) is 0 Å². The van der Waals surface area contributed by atoms with E-state index in [2.05, 4.69) is 12.2 Å². The maximum atomic E-state index is 11.8. The number of sulfone groups is 1. The predicted octanol–water partition coefficient (Wildman–Crippen LogP) is 3.02. The van der Waals surface area contributed by atoms with Gasteiger partial charge in [-0.1, -0.05) is 24.1 Å². The van der Waals surface area contributed by atoms with Gasteiger partial charge in [0.25, 0.3) is 0 Å². The number of hydrogen-bond acceptors (Lipinski definition) is 3. The Labute approximate surface area is 120 Å². The van der Waals surface area contributed by atoms with Crippen LogP contribution in [0.1, 0.15) is 31.7 Å². The molecule has 1 N–H and O–H groups in total. The summed E-state index contributed by atoms with van der Waals surface area (Å²) in [6.07, 6.45) is 5.04. The smallest absolute Gasteiger partial charge is 0.175 e. The van der Waals surface area contributed by atoms with Crippen LogP contribution in [0.2, 0.25) is 5.02 Å². The van der Waals surface area contributed by atoms with E-state index in [4.69, 9.17) is 11.6 Å². The van der Waals surface area contributed by atoms with Gasteiger partial charge in [0.1, 0.15) is 0 Å². The second-order valence-corrected chi connectivity index (χ2v) is 7.74. The van der Waals surface area contributed by atoms with Crippen molar-refractivity contribution in [3.8, 4) is 0 Å². The molecule has 1 aliphatic carbocycles. The van der Waals surface area contributed by atoms with Crippen molar-refractivity contribution in [1.82, 2.24) is 5.32 Å². The van der Waals surface area contributed by atoms with Gasteiger partial charge < -0.3 is 5.32 Å². The Hall–Kier alpha value is -0.580. The Balaban J connectivity index is 2.15. The van der Waals surface area contributed by atoms with E-state index in [9.17, 15) is 8.42 Å². The number of halogens is 1. The minimum atomic E-state index is -3.24. The summed E-state index contributed by atoms with van der Waals surface area (Å²) >= 11 is 6.14. The Morgan fingerprint density at radius 1 is 1.42 bits per heavy atom. The molecule has 1 aromatic rings. The zero-order valence-corrected chi connectivity index (χ0v) is 12.9. The molecule has 1 saturated carbocycles. The van der Waals surface area contributed by atoms with E-state index in [0.717, 1.165) is 0 Å². The van der Waals surface area contributed by atoms with Crippen molar-refractivity contribution in [2.75, 3.05) is 6.26 Å². The second kappa shape index (κ2) is 5.81. The molecule has 5 heteroatoms. The molecule has 0 saturated heterocycles. The maximum absolute atomic E-state index is 11.8. The van der Waals surface area contributed by atoms with Crippen LogP contribution in [0.15, 0.2) is 23.1 Å². The third-order valence-electron chi connectivity index (χ3n) is 3.93. The summed E-state index contributed by atoms with van der Waals surface area (Å²) in [5, 5.41) is 3.92. The lowest BCUT2D eigenvalue weighted by atomic mass is 9.80. The first kappa shape index (κ1) is 14.8. The lowest BCUT2D eigenvalue weighted by Gasteiger charge is -2.32. The molecule has 0 aliphatic heterocycles. The van der Waals surface area contributed by atoms with Crippen molar-refractivity contribution in [3.63, 3.8) is 0 Å². The summed E-state index contributed by atoms with van der Waals surface area (Å²) in [6, 6.07) is 5.43. The molecule has 3 nitrogen and oxygen atoms in total. The van der Waals surface area contributed by atoms with Crippen LogP contribution < -0.4 is 5.32 Å². The molecule has 1 aromatic carbocycles. The summed E-state index contributed by atoms with van der Waals surface area (Å²) in [7, 11) is -3.24. The fraction of sp³-hybridized carbons (Fsp3) is 0.571. The average molecular weight is 302 g/mol. The van der Waals surface area contributed by atoms with Crippen LogP contribution in [0.5, 0.6) is 0 Å². The molecule has 0 spiro atoms. The molecule has 1 aliphatic rings. The fourth-order valence-electron chi connectivity index (χ4n) is 2.43. The van der Waals surface area contributed by atoms with E-state index in [1.54, 1.807) is 18.2 Å². The Morgan fingerprint density at radius 3 is 2.63 bits per heavy atom. The van der Waals surface area contributed by atoms with Crippen LogP contribution in [0.3, 0.4) is 0 Å². The summed E-state index contributed by atoms with van der Waals surface area (Å²) in [6.45, 7) is 2.65. The van der Waals surface area contributed by atoms with Gasteiger partial charge in [0.05, 0.1) is 4.90 Å². The first-order valence-corrected chi connectivity index (χ1v) is 8.87. The Morgan fingerprint density at radius 2 is 2.11 bits per heavy atom. The van der Waals surface area contributed by atoms with Crippen molar-refractivity contribution in [2.45, 2.75) is 43.7 Å². The van der Waals surface area contributed by atoms with Crippen molar-refractivity contribution in [1.29, 1.82) is 0 Å². The molecular weight excluding hydrogens is 282 g/mol. The Kier molecular flexibility index (Phi) is 4.54. The fourth-order valence-corrected chi connectivity index (χ4v) is 3.68. The zero-order valence-electron chi connectivity index (χ0n) is 11.3. The van der Waals surface area contributed by atoms with Crippen LogP contribution in [0, 0.1) is 5.92 Å². The Bertz CT molecular complexity index is 553.